The van der Waals surface area contributed by atoms with Crippen molar-refractivity contribution < 1.29 is 14.6 Å². The summed E-state index contributed by atoms with van der Waals surface area (Å²) < 4.78 is 10.6. The molecule has 0 spiro atoms. The fraction of sp³-hybridized carbons (Fsp3) is 0.438. The van der Waals surface area contributed by atoms with Crippen molar-refractivity contribution in [3.63, 3.8) is 0 Å². The second-order valence-electron chi connectivity index (χ2n) is 4.97. The lowest BCUT2D eigenvalue weighted by atomic mass is 10.1. The van der Waals surface area contributed by atoms with Gasteiger partial charge in [0, 0.05) is 23.5 Å². The molecule has 23 heavy (non-hydrogen) atoms. The van der Waals surface area contributed by atoms with Crippen molar-refractivity contribution in [2.75, 3.05) is 33.9 Å². The number of thiazole rings is 1. The minimum Gasteiger partial charge on any atom is -0.493 e. The zero-order valence-electron chi connectivity index (χ0n) is 13.6. The Morgan fingerprint density at radius 1 is 1.26 bits per heavy atom. The molecule has 0 radical (unpaired) electrons. The number of aliphatic hydroxyl groups excluding tert-OH is 1. The van der Waals surface area contributed by atoms with Crippen molar-refractivity contribution in [3.05, 3.63) is 32.7 Å². The first-order valence-electron chi connectivity index (χ1n) is 7.40. The highest BCUT2D eigenvalue weighted by Gasteiger charge is 2.15. The normalized spacial score (nSPS) is 11.0. The SMILES string of the molecule is CCN(CCO)Cc1sc(=O)[nH]c1-c1ccc(OC)c(OC)c1. The topological polar surface area (TPSA) is 74.8 Å². The number of aromatic nitrogens is 1. The number of benzene rings is 1. The number of hydrogen-bond donors (Lipinski definition) is 2. The summed E-state index contributed by atoms with van der Waals surface area (Å²) in [4.78, 5) is 17.7. The maximum absolute atomic E-state index is 11.8. The number of hydrogen-bond acceptors (Lipinski definition) is 6. The van der Waals surface area contributed by atoms with Crippen molar-refractivity contribution in [1.82, 2.24) is 9.88 Å². The van der Waals surface area contributed by atoms with E-state index >= 15 is 0 Å². The molecule has 0 saturated carbocycles. The Labute approximate surface area is 139 Å². The van der Waals surface area contributed by atoms with Crippen LogP contribution in [0.2, 0.25) is 0 Å². The first-order valence-corrected chi connectivity index (χ1v) is 8.22. The second kappa shape index (κ2) is 8.14. The molecule has 1 heterocycles. The summed E-state index contributed by atoms with van der Waals surface area (Å²) in [7, 11) is 3.17. The van der Waals surface area contributed by atoms with Crippen LogP contribution in [0, 0.1) is 0 Å². The molecule has 0 amide bonds. The fourth-order valence-corrected chi connectivity index (χ4v) is 3.28. The van der Waals surface area contributed by atoms with Gasteiger partial charge in [-0.15, -0.1) is 0 Å². The molecular formula is C16H22N2O4S. The van der Waals surface area contributed by atoms with E-state index in [9.17, 15) is 4.79 Å². The predicted octanol–water partition coefficient (Wildman–Crippen LogP) is 1.93. The molecular weight excluding hydrogens is 316 g/mol. The first kappa shape index (κ1) is 17.5. The van der Waals surface area contributed by atoms with Crippen molar-refractivity contribution in [2.24, 2.45) is 0 Å². The average molecular weight is 338 g/mol. The van der Waals surface area contributed by atoms with Gasteiger partial charge in [0.1, 0.15) is 0 Å². The number of likely N-dealkylation sites (N-methyl/N-ethyl adjacent to an activating group) is 1. The van der Waals surface area contributed by atoms with Crippen LogP contribution in [-0.4, -0.2) is 48.9 Å². The minimum atomic E-state index is -0.0927. The number of ether oxygens (including phenoxy) is 2. The summed E-state index contributed by atoms with van der Waals surface area (Å²) >= 11 is 1.20. The number of rotatable bonds is 8. The molecule has 0 aliphatic heterocycles. The molecule has 7 heteroatoms. The third-order valence-corrected chi connectivity index (χ3v) is 4.49. The Balaban J connectivity index is 2.38. The van der Waals surface area contributed by atoms with Crippen LogP contribution in [0.4, 0.5) is 0 Å². The number of nitrogens with one attached hydrogen (secondary N) is 1. The first-order chi connectivity index (χ1) is 11.1. The van der Waals surface area contributed by atoms with E-state index in [-0.39, 0.29) is 11.5 Å². The lowest BCUT2D eigenvalue weighted by molar-refractivity contribution is 0.198. The highest BCUT2D eigenvalue weighted by atomic mass is 32.1. The highest BCUT2D eigenvalue weighted by Crippen LogP contribution is 2.33. The fourth-order valence-electron chi connectivity index (χ4n) is 2.39. The summed E-state index contributed by atoms with van der Waals surface area (Å²) in [6, 6.07) is 5.56. The predicted molar refractivity (Wildman–Crippen MR) is 91.5 cm³/mol. The molecule has 1 aromatic heterocycles. The maximum Gasteiger partial charge on any atom is 0.305 e. The highest BCUT2D eigenvalue weighted by molar-refractivity contribution is 7.09. The van der Waals surface area contributed by atoms with Crippen molar-refractivity contribution in [3.8, 4) is 22.8 Å². The largest absolute Gasteiger partial charge is 0.493 e. The van der Waals surface area contributed by atoms with Gasteiger partial charge in [-0.3, -0.25) is 9.69 Å². The molecule has 0 unspecified atom stereocenters. The van der Waals surface area contributed by atoms with Gasteiger partial charge >= 0.3 is 4.87 Å². The van der Waals surface area contributed by atoms with E-state index < -0.39 is 0 Å². The van der Waals surface area contributed by atoms with Gasteiger partial charge in [-0.25, -0.2) is 0 Å². The summed E-state index contributed by atoms with van der Waals surface area (Å²) in [5.41, 5.74) is 1.66. The molecule has 0 atom stereocenters. The third-order valence-electron chi connectivity index (χ3n) is 3.62. The van der Waals surface area contributed by atoms with Crippen LogP contribution in [0.5, 0.6) is 11.5 Å². The minimum absolute atomic E-state index is 0.0927. The van der Waals surface area contributed by atoms with Gasteiger partial charge in [-0.1, -0.05) is 18.3 Å². The number of aromatic amines is 1. The lowest BCUT2D eigenvalue weighted by Crippen LogP contribution is -2.25. The van der Waals surface area contributed by atoms with E-state index in [0.717, 1.165) is 22.7 Å². The molecule has 126 valence electrons. The molecule has 0 bridgehead atoms. The molecule has 1 aromatic carbocycles. The van der Waals surface area contributed by atoms with E-state index in [1.807, 2.05) is 25.1 Å². The molecule has 0 saturated heterocycles. The van der Waals surface area contributed by atoms with E-state index in [2.05, 4.69) is 9.88 Å². The van der Waals surface area contributed by atoms with Gasteiger partial charge in [-0.05, 0) is 24.7 Å². The van der Waals surface area contributed by atoms with Crippen LogP contribution in [0.25, 0.3) is 11.3 Å². The Morgan fingerprint density at radius 3 is 2.61 bits per heavy atom. The molecule has 0 aliphatic carbocycles. The zero-order valence-corrected chi connectivity index (χ0v) is 14.4. The van der Waals surface area contributed by atoms with Crippen LogP contribution in [0.1, 0.15) is 11.8 Å². The molecule has 2 N–H and O–H groups in total. The standard InChI is InChI=1S/C16H22N2O4S/c1-4-18(7-8-19)10-14-15(17-16(20)23-14)11-5-6-12(21-2)13(9-11)22-3/h5-6,9,19H,4,7-8,10H2,1-3H3,(H,17,20). The molecule has 2 rings (SSSR count). The Hall–Kier alpha value is -1.83. The molecule has 0 fully saturated rings. The van der Waals surface area contributed by atoms with Crippen molar-refractivity contribution in [2.45, 2.75) is 13.5 Å². The summed E-state index contributed by atoms with van der Waals surface area (Å²) in [5, 5.41) is 9.13. The van der Waals surface area contributed by atoms with Crippen molar-refractivity contribution >= 4 is 11.3 Å². The van der Waals surface area contributed by atoms with Gasteiger partial charge in [0.2, 0.25) is 0 Å². The second-order valence-corrected chi connectivity index (χ2v) is 6.04. The molecule has 0 aliphatic rings. The van der Waals surface area contributed by atoms with E-state index in [1.165, 1.54) is 11.3 Å². The lowest BCUT2D eigenvalue weighted by Gasteiger charge is -2.18. The van der Waals surface area contributed by atoms with Crippen molar-refractivity contribution in [1.29, 1.82) is 0 Å². The van der Waals surface area contributed by atoms with Crippen LogP contribution in [-0.2, 0) is 6.54 Å². The summed E-state index contributed by atoms with van der Waals surface area (Å²) in [6.07, 6.45) is 0. The average Bonchev–Trinajstić information content (AvgIpc) is 2.94. The monoisotopic (exact) mass is 338 g/mol. The molecule has 6 nitrogen and oxygen atoms in total. The van der Waals surface area contributed by atoms with E-state index in [0.29, 0.717) is 24.6 Å². The number of nitrogens with zero attached hydrogens (tertiary/aromatic N) is 1. The van der Waals surface area contributed by atoms with Crippen LogP contribution in [0.15, 0.2) is 23.0 Å². The van der Waals surface area contributed by atoms with Gasteiger partial charge in [-0.2, -0.15) is 0 Å². The van der Waals surface area contributed by atoms with E-state index in [1.54, 1.807) is 14.2 Å². The molecule has 2 aromatic rings. The van der Waals surface area contributed by atoms with E-state index in [4.69, 9.17) is 14.6 Å². The Kier molecular flexibility index (Phi) is 6.20. The van der Waals surface area contributed by atoms with Gasteiger partial charge in [0.15, 0.2) is 11.5 Å². The smallest absolute Gasteiger partial charge is 0.305 e. The van der Waals surface area contributed by atoms with Gasteiger partial charge in [0.25, 0.3) is 0 Å². The third kappa shape index (κ3) is 4.13. The number of H-pyrrole nitrogens is 1. The van der Waals surface area contributed by atoms with Crippen LogP contribution >= 0.6 is 11.3 Å². The summed E-state index contributed by atoms with van der Waals surface area (Å²) in [6.45, 7) is 4.12. The van der Waals surface area contributed by atoms with Gasteiger partial charge in [0.05, 0.1) is 26.5 Å². The summed E-state index contributed by atoms with van der Waals surface area (Å²) in [5.74, 6) is 1.26. The zero-order chi connectivity index (χ0) is 16.8. The van der Waals surface area contributed by atoms with Crippen LogP contribution < -0.4 is 14.3 Å². The Morgan fingerprint density at radius 2 is 2.00 bits per heavy atom. The Bertz CT molecular complexity index is 696. The van der Waals surface area contributed by atoms with Crippen LogP contribution in [0.3, 0.4) is 0 Å². The quantitative estimate of drug-likeness (QED) is 0.769. The number of aliphatic hydroxyl groups is 1. The van der Waals surface area contributed by atoms with Gasteiger partial charge < -0.3 is 19.6 Å². The number of methoxy groups -OCH3 is 2. The maximum atomic E-state index is 11.8.